The lowest BCUT2D eigenvalue weighted by atomic mass is 10.2. The number of aromatic nitrogens is 2. The number of rotatable bonds is 5. The van der Waals surface area contributed by atoms with E-state index in [1.165, 1.54) is 10.8 Å². The number of para-hydroxylation sites is 1. The van der Waals surface area contributed by atoms with E-state index in [2.05, 4.69) is 9.97 Å². The van der Waals surface area contributed by atoms with Gasteiger partial charge in [0, 0.05) is 11.8 Å². The summed E-state index contributed by atoms with van der Waals surface area (Å²) in [4.78, 5) is 27.2. The Morgan fingerprint density at radius 1 is 1.13 bits per heavy atom. The van der Waals surface area contributed by atoms with Gasteiger partial charge in [0.2, 0.25) is 5.95 Å². The van der Waals surface area contributed by atoms with E-state index in [0.717, 1.165) is 25.1 Å². The molecule has 0 unspecified atom stereocenters. The largest absolute Gasteiger partial charge is 0.459 e. The third kappa shape index (κ3) is 4.76. The summed E-state index contributed by atoms with van der Waals surface area (Å²) >= 11 is 0. The van der Waals surface area contributed by atoms with E-state index in [4.69, 9.17) is 0 Å². The Hall–Kier alpha value is -3.43. The number of sulfonamides is 1. The average molecular weight is 455 g/mol. The zero-order valence-corrected chi connectivity index (χ0v) is 15.4. The first-order chi connectivity index (χ1) is 13.6. The number of amides is 2. The Labute approximate surface area is 164 Å². The smallest absolute Gasteiger partial charge is 0.275 e. The molecule has 0 bridgehead atoms. The summed E-state index contributed by atoms with van der Waals surface area (Å²) in [7, 11) is -4.81. The van der Waals surface area contributed by atoms with Crippen LogP contribution in [0.4, 0.5) is 38.4 Å². The van der Waals surface area contributed by atoms with Gasteiger partial charge in [-0.15, -0.1) is 0 Å². The van der Waals surface area contributed by atoms with Gasteiger partial charge in [-0.25, -0.2) is 27.9 Å². The van der Waals surface area contributed by atoms with E-state index >= 15 is 0 Å². The molecule has 30 heavy (non-hydrogen) atoms. The molecule has 16 heteroatoms. The second kappa shape index (κ2) is 7.77. The van der Waals surface area contributed by atoms with Crippen molar-refractivity contribution >= 4 is 27.7 Å². The van der Waals surface area contributed by atoms with Crippen molar-refractivity contribution in [3.8, 4) is 0 Å². The van der Waals surface area contributed by atoms with Crippen molar-refractivity contribution < 1.29 is 40.1 Å². The van der Waals surface area contributed by atoms with Crippen molar-refractivity contribution in [1.82, 2.24) is 14.7 Å². The van der Waals surface area contributed by atoms with E-state index in [1.807, 2.05) is 0 Å². The van der Waals surface area contributed by atoms with Gasteiger partial charge < -0.3 is 0 Å². The standard InChI is InChI=1S/C14H10F5N5O5S/c1-7-6-10(13(15,16)14(17,18)19)21-11(20-7)22-12(25)23-30(28,29)9-5-3-2-4-8(9)24(26)27/h2-6H,1H3,(H2,20,21,22,23,25). The number of carbonyl (C=O) groups is 1. The minimum absolute atomic E-state index is 0.334. The van der Waals surface area contributed by atoms with Gasteiger partial charge in [0.05, 0.1) is 4.92 Å². The Kier molecular flexibility index (Phi) is 5.92. The lowest BCUT2D eigenvalue weighted by Crippen LogP contribution is -2.37. The van der Waals surface area contributed by atoms with E-state index in [9.17, 15) is 45.3 Å². The molecular formula is C14H10F5N5O5S. The molecular weight excluding hydrogens is 445 g/mol. The minimum Gasteiger partial charge on any atom is -0.275 e. The molecule has 1 heterocycles. The highest BCUT2D eigenvalue weighted by Gasteiger charge is 2.60. The third-order valence-corrected chi connectivity index (χ3v) is 4.71. The molecule has 0 atom stereocenters. The zero-order valence-electron chi connectivity index (χ0n) is 14.6. The molecule has 0 saturated heterocycles. The highest BCUT2D eigenvalue weighted by atomic mass is 32.2. The van der Waals surface area contributed by atoms with Crippen LogP contribution in [0.3, 0.4) is 0 Å². The minimum atomic E-state index is -5.98. The van der Waals surface area contributed by atoms with Crippen LogP contribution in [0.15, 0.2) is 35.2 Å². The fourth-order valence-electron chi connectivity index (χ4n) is 2.07. The Morgan fingerprint density at radius 3 is 2.30 bits per heavy atom. The van der Waals surface area contributed by atoms with Crippen molar-refractivity contribution in [2.75, 3.05) is 5.32 Å². The van der Waals surface area contributed by atoms with Gasteiger partial charge >= 0.3 is 18.1 Å². The summed E-state index contributed by atoms with van der Waals surface area (Å²) in [6.07, 6.45) is -5.98. The third-order valence-electron chi connectivity index (χ3n) is 3.34. The molecule has 1 aromatic carbocycles. The average Bonchev–Trinajstić information content (AvgIpc) is 2.59. The van der Waals surface area contributed by atoms with E-state index < -0.39 is 55.3 Å². The number of halogens is 5. The molecule has 0 aliphatic rings. The maximum absolute atomic E-state index is 13.5. The van der Waals surface area contributed by atoms with Crippen LogP contribution in [0.25, 0.3) is 0 Å². The van der Waals surface area contributed by atoms with Crippen molar-refractivity contribution in [2.24, 2.45) is 0 Å². The van der Waals surface area contributed by atoms with Crippen LogP contribution >= 0.6 is 0 Å². The number of nitro benzene ring substituents is 1. The van der Waals surface area contributed by atoms with Gasteiger partial charge in [-0.1, -0.05) is 12.1 Å². The number of benzene rings is 1. The number of hydrogen-bond acceptors (Lipinski definition) is 7. The predicted octanol–water partition coefficient (Wildman–Crippen LogP) is 2.86. The molecule has 1 aromatic heterocycles. The summed E-state index contributed by atoms with van der Waals surface area (Å²) in [6, 6.07) is 2.65. The van der Waals surface area contributed by atoms with Crippen molar-refractivity contribution in [3.05, 3.63) is 51.8 Å². The number of hydrogen-bond donors (Lipinski definition) is 2. The monoisotopic (exact) mass is 455 g/mol. The molecule has 0 spiro atoms. The molecule has 0 aliphatic heterocycles. The molecule has 10 nitrogen and oxygen atoms in total. The number of carbonyl (C=O) groups excluding carboxylic acids is 1. The quantitative estimate of drug-likeness (QED) is 0.401. The Bertz CT molecular complexity index is 1110. The highest BCUT2D eigenvalue weighted by Crippen LogP contribution is 2.43. The van der Waals surface area contributed by atoms with Gasteiger partial charge in [0.15, 0.2) is 4.90 Å². The van der Waals surface area contributed by atoms with Crippen LogP contribution in [0.5, 0.6) is 0 Å². The fraction of sp³-hybridized carbons (Fsp3) is 0.214. The number of alkyl halides is 5. The van der Waals surface area contributed by atoms with Crippen LogP contribution in [0, 0.1) is 17.0 Å². The van der Waals surface area contributed by atoms with Gasteiger partial charge in [-0.3, -0.25) is 15.4 Å². The summed E-state index contributed by atoms with van der Waals surface area (Å²) in [5.74, 6) is -6.42. The number of nitrogens with zero attached hydrogens (tertiary/aromatic N) is 3. The first-order valence-electron chi connectivity index (χ1n) is 7.53. The normalized spacial score (nSPS) is 12.3. The van der Waals surface area contributed by atoms with Gasteiger partial charge in [0.1, 0.15) is 5.69 Å². The first kappa shape index (κ1) is 22.9. The van der Waals surface area contributed by atoms with Crippen molar-refractivity contribution in [3.63, 3.8) is 0 Å². The molecule has 2 amide bonds. The van der Waals surface area contributed by atoms with Crippen LogP contribution in [-0.4, -0.2) is 35.5 Å². The lowest BCUT2D eigenvalue weighted by Gasteiger charge is -2.19. The second-order valence-corrected chi connectivity index (χ2v) is 7.23. The fourth-order valence-corrected chi connectivity index (χ4v) is 3.15. The van der Waals surface area contributed by atoms with Gasteiger partial charge in [-0.05, 0) is 19.1 Å². The van der Waals surface area contributed by atoms with Crippen LogP contribution in [0.2, 0.25) is 0 Å². The Morgan fingerprint density at radius 2 is 1.73 bits per heavy atom. The molecule has 0 fully saturated rings. The van der Waals surface area contributed by atoms with Gasteiger partial charge in [-0.2, -0.15) is 22.0 Å². The summed E-state index contributed by atoms with van der Waals surface area (Å²) in [5.41, 5.74) is -3.03. The number of nitro groups is 1. The maximum Gasteiger partial charge on any atom is 0.459 e. The van der Waals surface area contributed by atoms with E-state index in [0.29, 0.717) is 6.07 Å². The van der Waals surface area contributed by atoms with E-state index in [-0.39, 0.29) is 5.69 Å². The molecule has 2 rings (SSSR count). The summed E-state index contributed by atoms with van der Waals surface area (Å²) < 4.78 is 90.2. The number of nitrogens with one attached hydrogen (secondary N) is 2. The number of aryl methyl sites for hydroxylation is 1. The van der Waals surface area contributed by atoms with E-state index in [1.54, 1.807) is 5.32 Å². The Balaban J connectivity index is 2.30. The molecule has 2 aromatic rings. The van der Waals surface area contributed by atoms with Crippen molar-refractivity contribution in [2.45, 2.75) is 23.9 Å². The SMILES string of the molecule is Cc1cc(C(F)(F)C(F)(F)F)nc(NC(=O)NS(=O)(=O)c2ccccc2[N+](=O)[O-])n1. The maximum atomic E-state index is 13.5. The topological polar surface area (TPSA) is 144 Å². The second-order valence-electron chi connectivity index (χ2n) is 5.57. The predicted molar refractivity (Wildman–Crippen MR) is 89.2 cm³/mol. The van der Waals surface area contributed by atoms with Crippen molar-refractivity contribution in [1.29, 1.82) is 0 Å². The highest BCUT2D eigenvalue weighted by molar-refractivity contribution is 7.90. The number of urea groups is 1. The van der Waals surface area contributed by atoms with Crippen LogP contribution in [0.1, 0.15) is 11.4 Å². The first-order valence-corrected chi connectivity index (χ1v) is 9.01. The molecule has 162 valence electrons. The van der Waals surface area contributed by atoms with Gasteiger partial charge in [0.25, 0.3) is 15.7 Å². The van der Waals surface area contributed by atoms with Crippen LogP contribution in [-0.2, 0) is 15.9 Å². The molecule has 2 N–H and O–H groups in total. The molecule has 0 radical (unpaired) electrons. The number of anilines is 1. The molecule has 0 aliphatic carbocycles. The zero-order chi connectivity index (χ0) is 22.9. The lowest BCUT2D eigenvalue weighted by molar-refractivity contribution is -0.387. The molecule has 0 saturated carbocycles. The summed E-state index contributed by atoms with van der Waals surface area (Å²) in [5, 5.41) is 12.5. The van der Waals surface area contributed by atoms with Crippen LogP contribution < -0.4 is 10.0 Å². The summed E-state index contributed by atoms with van der Waals surface area (Å²) in [6.45, 7) is 1.03.